The number of hydrogen-bond donors (Lipinski definition) is 0. The molecular weight excluding hydrogens is 264 g/mol. The molecule has 2 aromatic rings. The van der Waals surface area contributed by atoms with Crippen molar-refractivity contribution in [2.45, 2.75) is 25.5 Å². The molecule has 0 saturated heterocycles. The SMILES string of the molecule is Cc1ccc(-c2ccc(C3=CCC(C)S3)s2)s1. The van der Waals surface area contributed by atoms with Crippen molar-refractivity contribution < 1.29 is 0 Å². The largest absolute Gasteiger partial charge is 0.140 e. The van der Waals surface area contributed by atoms with Crippen LogP contribution >= 0.6 is 34.4 Å². The number of aryl methyl sites for hydroxylation is 1. The molecule has 1 aliphatic rings. The maximum atomic E-state index is 2.38. The zero-order valence-electron chi connectivity index (χ0n) is 9.90. The van der Waals surface area contributed by atoms with Crippen molar-refractivity contribution >= 4 is 39.3 Å². The highest BCUT2D eigenvalue weighted by molar-refractivity contribution is 8.09. The van der Waals surface area contributed by atoms with Gasteiger partial charge in [-0.3, -0.25) is 0 Å². The van der Waals surface area contributed by atoms with E-state index in [4.69, 9.17) is 0 Å². The van der Waals surface area contributed by atoms with Crippen LogP contribution in [0.2, 0.25) is 0 Å². The fourth-order valence-corrected chi connectivity index (χ4v) is 5.09. The first-order chi connectivity index (χ1) is 8.22. The van der Waals surface area contributed by atoms with Crippen LogP contribution in [-0.4, -0.2) is 5.25 Å². The van der Waals surface area contributed by atoms with Gasteiger partial charge in [0.05, 0.1) is 0 Å². The maximum Gasteiger partial charge on any atom is 0.0449 e. The number of thiophene rings is 2. The third-order valence-electron chi connectivity index (χ3n) is 2.80. The lowest BCUT2D eigenvalue weighted by Gasteiger charge is -2.00. The first-order valence-corrected chi connectivity index (χ1v) is 8.27. The highest BCUT2D eigenvalue weighted by atomic mass is 32.2. The van der Waals surface area contributed by atoms with Crippen LogP contribution in [-0.2, 0) is 0 Å². The van der Waals surface area contributed by atoms with Gasteiger partial charge in [-0.25, -0.2) is 0 Å². The Morgan fingerprint density at radius 1 is 1.00 bits per heavy atom. The molecule has 0 amide bonds. The van der Waals surface area contributed by atoms with Gasteiger partial charge in [-0.05, 0) is 37.6 Å². The average molecular weight is 278 g/mol. The second-order valence-corrected chi connectivity index (χ2v) is 8.16. The second-order valence-electron chi connectivity index (χ2n) is 4.31. The van der Waals surface area contributed by atoms with Gasteiger partial charge in [-0.1, -0.05) is 13.0 Å². The number of allylic oxidation sites excluding steroid dienone is 1. The molecule has 3 heteroatoms. The predicted molar refractivity (Wildman–Crippen MR) is 82.0 cm³/mol. The minimum absolute atomic E-state index is 0.750. The van der Waals surface area contributed by atoms with Gasteiger partial charge in [0.25, 0.3) is 0 Å². The molecule has 88 valence electrons. The Hall–Kier alpha value is -0.510. The van der Waals surface area contributed by atoms with Gasteiger partial charge < -0.3 is 0 Å². The Morgan fingerprint density at radius 3 is 2.35 bits per heavy atom. The topological polar surface area (TPSA) is 0 Å². The van der Waals surface area contributed by atoms with E-state index in [2.05, 4.69) is 44.2 Å². The van der Waals surface area contributed by atoms with Crippen molar-refractivity contribution in [2.24, 2.45) is 0 Å². The molecule has 0 radical (unpaired) electrons. The zero-order chi connectivity index (χ0) is 11.8. The Bertz CT molecular complexity index is 560. The molecule has 3 rings (SSSR count). The first-order valence-electron chi connectivity index (χ1n) is 5.76. The van der Waals surface area contributed by atoms with Crippen molar-refractivity contribution in [3.63, 3.8) is 0 Å². The van der Waals surface area contributed by atoms with E-state index in [-0.39, 0.29) is 0 Å². The molecule has 0 N–H and O–H groups in total. The molecule has 0 nitrogen and oxygen atoms in total. The molecule has 3 heterocycles. The summed E-state index contributed by atoms with van der Waals surface area (Å²) in [7, 11) is 0. The van der Waals surface area contributed by atoms with E-state index in [0.29, 0.717) is 0 Å². The average Bonchev–Trinajstić information content (AvgIpc) is 2.96. The third-order valence-corrected chi connectivity index (χ3v) is 6.47. The Balaban J connectivity index is 1.88. The Labute approximate surface area is 114 Å². The van der Waals surface area contributed by atoms with E-state index in [1.165, 1.54) is 30.8 Å². The van der Waals surface area contributed by atoms with Gasteiger partial charge >= 0.3 is 0 Å². The molecule has 1 atom stereocenters. The van der Waals surface area contributed by atoms with Crippen LogP contribution in [0, 0.1) is 6.92 Å². The fraction of sp³-hybridized carbons (Fsp3) is 0.286. The van der Waals surface area contributed by atoms with Crippen molar-refractivity contribution in [3.8, 4) is 9.75 Å². The smallest absolute Gasteiger partial charge is 0.0449 e. The highest BCUT2D eigenvalue weighted by Gasteiger charge is 2.16. The molecule has 0 aromatic carbocycles. The van der Waals surface area contributed by atoms with E-state index in [0.717, 1.165) is 5.25 Å². The van der Waals surface area contributed by atoms with Crippen LogP contribution < -0.4 is 0 Å². The summed E-state index contributed by atoms with van der Waals surface area (Å²) >= 11 is 5.81. The lowest BCUT2D eigenvalue weighted by molar-refractivity contribution is 1.00. The standard InChI is InChI=1S/C14H14S3/c1-9-3-5-11(15-9)13-7-8-14(17-13)12-6-4-10(2)16-12/h3,5-8,10H,4H2,1-2H3. The molecule has 1 aliphatic heterocycles. The van der Waals surface area contributed by atoms with Gasteiger partial charge in [-0.2, -0.15) is 0 Å². The Kier molecular flexibility index (Phi) is 3.16. The molecule has 1 unspecified atom stereocenters. The highest BCUT2D eigenvalue weighted by Crippen LogP contribution is 2.44. The molecule has 2 aromatic heterocycles. The van der Waals surface area contributed by atoms with E-state index in [9.17, 15) is 0 Å². The molecule has 0 aliphatic carbocycles. The summed E-state index contributed by atoms with van der Waals surface area (Å²) in [5, 5.41) is 0.750. The normalized spacial score (nSPS) is 19.6. The minimum atomic E-state index is 0.750. The van der Waals surface area contributed by atoms with Crippen LogP contribution in [0.15, 0.2) is 30.3 Å². The van der Waals surface area contributed by atoms with Gasteiger partial charge in [0.15, 0.2) is 0 Å². The number of rotatable bonds is 2. The van der Waals surface area contributed by atoms with Crippen LogP contribution in [0.5, 0.6) is 0 Å². The molecule has 0 bridgehead atoms. The summed E-state index contributed by atoms with van der Waals surface area (Å²) < 4.78 is 0. The molecule has 0 spiro atoms. The van der Waals surface area contributed by atoms with Gasteiger partial charge in [0.2, 0.25) is 0 Å². The van der Waals surface area contributed by atoms with Gasteiger partial charge in [0.1, 0.15) is 0 Å². The molecule has 0 saturated carbocycles. The van der Waals surface area contributed by atoms with Crippen LogP contribution in [0.25, 0.3) is 14.7 Å². The van der Waals surface area contributed by atoms with E-state index >= 15 is 0 Å². The molecule has 0 fully saturated rings. The lowest BCUT2D eigenvalue weighted by Crippen LogP contribution is -1.83. The predicted octanol–water partition coefficient (Wildman–Crippen LogP) is 5.65. The van der Waals surface area contributed by atoms with E-state index in [1.807, 2.05) is 34.4 Å². The second kappa shape index (κ2) is 4.63. The summed E-state index contributed by atoms with van der Waals surface area (Å²) in [5.74, 6) is 0. The summed E-state index contributed by atoms with van der Waals surface area (Å²) in [6, 6.07) is 8.96. The van der Waals surface area contributed by atoms with Crippen molar-refractivity contribution in [2.75, 3.05) is 0 Å². The van der Waals surface area contributed by atoms with Crippen LogP contribution in [0.1, 0.15) is 23.1 Å². The molecular formula is C14H14S3. The zero-order valence-corrected chi connectivity index (χ0v) is 12.3. The maximum absolute atomic E-state index is 2.38. The lowest BCUT2D eigenvalue weighted by atomic mass is 10.3. The Morgan fingerprint density at radius 2 is 1.71 bits per heavy atom. The summed E-state index contributed by atoms with van der Waals surface area (Å²) in [5.41, 5.74) is 0. The van der Waals surface area contributed by atoms with E-state index in [1.54, 1.807) is 0 Å². The number of hydrogen-bond acceptors (Lipinski definition) is 3. The minimum Gasteiger partial charge on any atom is -0.140 e. The third kappa shape index (κ3) is 2.37. The van der Waals surface area contributed by atoms with E-state index < -0.39 is 0 Å². The van der Waals surface area contributed by atoms with Crippen LogP contribution in [0.4, 0.5) is 0 Å². The van der Waals surface area contributed by atoms with Crippen molar-refractivity contribution in [3.05, 3.63) is 40.1 Å². The fourth-order valence-electron chi connectivity index (χ4n) is 1.91. The van der Waals surface area contributed by atoms with Crippen LogP contribution in [0.3, 0.4) is 0 Å². The van der Waals surface area contributed by atoms with Crippen molar-refractivity contribution in [1.29, 1.82) is 0 Å². The summed E-state index contributed by atoms with van der Waals surface area (Å²) in [6.07, 6.45) is 3.59. The summed E-state index contributed by atoms with van der Waals surface area (Å²) in [6.45, 7) is 4.46. The first kappa shape index (κ1) is 11.6. The monoisotopic (exact) mass is 278 g/mol. The quantitative estimate of drug-likeness (QED) is 0.684. The van der Waals surface area contributed by atoms with Crippen molar-refractivity contribution in [1.82, 2.24) is 0 Å². The molecule has 17 heavy (non-hydrogen) atoms. The van der Waals surface area contributed by atoms with Gasteiger partial charge in [-0.15, -0.1) is 34.4 Å². The van der Waals surface area contributed by atoms with Gasteiger partial charge in [0, 0.05) is 29.7 Å². The number of thioether (sulfide) groups is 1. The summed E-state index contributed by atoms with van der Waals surface area (Å²) in [4.78, 5) is 7.09.